The Labute approximate surface area is 93.6 Å². The monoisotopic (exact) mass is 224 g/mol. The van der Waals surface area contributed by atoms with E-state index in [-0.39, 0.29) is 19.1 Å². The first-order valence-corrected chi connectivity index (χ1v) is 5.40. The Morgan fingerprint density at radius 2 is 2.44 bits per heavy atom. The zero-order valence-corrected chi connectivity index (χ0v) is 9.04. The smallest absolute Gasteiger partial charge is 0.244 e. The molecule has 1 aromatic heterocycles. The van der Waals surface area contributed by atoms with Crippen molar-refractivity contribution in [3.05, 3.63) is 12.3 Å². The number of nitrogen functional groups attached to an aromatic ring is 1. The first-order valence-electron chi connectivity index (χ1n) is 5.40. The van der Waals surface area contributed by atoms with Crippen molar-refractivity contribution in [3.8, 4) is 0 Å². The molecule has 0 bridgehead atoms. The summed E-state index contributed by atoms with van der Waals surface area (Å²) < 4.78 is 1.52. The lowest BCUT2D eigenvalue weighted by Crippen LogP contribution is -2.37. The van der Waals surface area contributed by atoms with E-state index in [4.69, 9.17) is 10.8 Å². The minimum atomic E-state index is -0.0142. The van der Waals surface area contributed by atoms with Gasteiger partial charge in [0.15, 0.2) is 0 Å². The molecule has 0 aliphatic heterocycles. The fourth-order valence-corrected chi connectivity index (χ4v) is 1.70. The molecule has 0 radical (unpaired) electrons. The second-order valence-corrected chi connectivity index (χ2v) is 3.98. The van der Waals surface area contributed by atoms with Crippen LogP contribution in [0, 0.1) is 0 Å². The molecule has 3 N–H and O–H groups in total. The molecule has 1 aliphatic rings. The lowest BCUT2D eigenvalue weighted by molar-refractivity contribution is -0.133. The minimum absolute atomic E-state index is 0.00346. The molecule has 6 heteroatoms. The van der Waals surface area contributed by atoms with E-state index in [1.807, 2.05) is 0 Å². The summed E-state index contributed by atoms with van der Waals surface area (Å²) >= 11 is 0. The van der Waals surface area contributed by atoms with Crippen LogP contribution in [0.5, 0.6) is 0 Å². The second-order valence-electron chi connectivity index (χ2n) is 3.98. The van der Waals surface area contributed by atoms with Crippen molar-refractivity contribution in [1.29, 1.82) is 0 Å². The minimum Gasteiger partial charge on any atom is -0.395 e. The number of nitrogens with two attached hydrogens (primary N) is 1. The number of amides is 1. The number of carbonyl (C=O) groups excluding carboxylic acids is 1. The van der Waals surface area contributed by atoms with Crippen LogP contribution in [0.3, 0.4) is 0 Å². The number of carbonyl (C=O) groups is 1. The van der Waals surface area contributed by atoms with Crippen LogP contribution in [0.1, 0.15) is 12.8 Å². The zero-order chi connectivity index (χ0) is 11.5. The Morgan fingerprint density at radius 3 is 2.94 bits per heavy atom. The quantitative estimate of drug-likeness (QED) is 0.702. The van der Waals surface area contributed by atoms with Crippen LogP contribution in [0.4, 0.5) is 5.82 Å². The number of aromatic nitrogens is 2. The van der Waals surface area contributed by atoms with Gasteiger partial charge in [0, 0.05) is 18.8 Å². The van der Waals surface area contributed by atoms with Crippen molar-refractivity contribution in [2.75, 3.05) is 18.9 Å². The van der Waals surface area contributed by atoms with Crippen LogP contribution in [-0.2, 0) is 11.3 Å². The molecule has 6 nitrogen and oxygen atoms in total. The van der Waals surface area contributed by atoms with Gasteiger partial charge in [-0.2, -0.15) is 5.10 Å². The van der Waals surface area contributed by atoms with Crippen molar-refractivity contribution in [3.63, 3.8) is 0 Å². The van der Waals surface area contributed by atoms with Gasteiger partial charge < -0.3 is 15.7 Å². The fraction of sp³-hybridized carbons (Fsp3) is 0.600. The van der Waals surface area contributed by atoms with Gasteiger partial charge in [0.05, 0.1) is 6.61 Å². The maximum Gasteiger partial charge on any atom is 0.244 e. The van der Waals surface area contributed by atoms with E-state index in [0.717, 1.165) is 12.8 Å². The predicted octanol–water partition coefficient (Wildman–Crippen LogP) is -0.551. The van der Waals surface area contributed by atoms with E-state index in [2.05, 4.69) is 5.10 Å². The van der Waals surface area contributed by atoms with Gasteiger partial charge >= 0.3 is 0 Å². The summed E-state index contributed by atoms with van der Waals surface area (Å²) in [6.45, 7) is 0.595. The van der Waals surface area contributed by atoms with Crippen molar-refractivity contribution in [2.24, 2.45) is 0 Å². The Balaban J connectivity index is 1.94. The number of rotatable bonds is 5. The predicted molar refractivity (Wildman–Crippen MR) is 58.5 cm³/mol. The Bertz CT molecular complexity index is 373. The largest absolute Gasteiger partial charge is 0.395 e. The van der Waals surface area contributed by atoms with E-state index in [0.29, 0.717) is 18.4 Å². The molecule has 1 aromatic rings. The molecule has 1 aliphatic carbocycles. The summed E-state index contributed by atoms with van der Waals surface area (Å²) in [5.41, 5.74) is 5.46. The van der Waals surface area contributed by atoms with Gasteiger partial charge in [0.2, 0.25) is 5.91 Å². The van der Waals surface area contributed by atoms with E-state index in [1.165, 1.54) is 4.68 Å². The topological polar surface area (TPSA) is 84.4 Å². The molecule has 1 heterocycles. The fourth-order valence-electron chi connectivity index (χ4n) is 1.70. The lowest BCUT2D eigenvalue weighted by Gasteiger charge is -2.21. The van der Waals surface area contributed by atoms with Gasteiger partial charge in [-0.3, -0.25) is 9.48 Å². The number of aliphatic hydroxyl groups is 1. The summed E-state index contributed by atoms with van der Waals surface area (Å²) in [6.07, 6.45) is 3.75. The molecule has 0 aromatic carbocycles. The Morgan fingerprint density at radius 1 is 1.69 bits per heavy atom. The van der Waals surface area contributed by atoms with Crippen molar-refractivity contribution in [2.45, 2.75) is 25.4 Å². The molecule has 1 saturated carbocycles. The summed E-state index contributed by atoms with van der Waals surface area (Å²) in [4.78, 5) is 13.6. The Kier molecular flexibility index (Phi) is 3.09. The van der Waals surface area contributed by atoms with Crippen molar-refractivity contribution in [1.82, 2.24) is 14.7 Å². The molecule has 1 fully saturated rings. The van der Waals surface area contributed by atoms with E-state index in [9.17, 15) is 4.79 Å². The molecule has 0 unspecified atom stereocenters. The van der Waals surface area contributed by atoms with Crippen LogP contribution >= 0.6 is 0 Å². The van der Waals surface area contributed by atoms with Crippen molar-refractivity contribution >= 4 is 11.7 Å². The maximum absolute atomic E-state index is 11.9. The third-order valence-electron chi connectivity index (χ3n) is 2.61. The van der Waals surface area contributed by atoms with Gasteiger partial charge in [-0.15, -0.1) is 0 Å². The van der Waals surface area contributed by atoms with E-state index >= 15 is 0 Å². The van der Waals surface area contributed by atoms with Crippen LogP contribution in [0.25, 0.3) is 0 Å². The average Bonchev–Trinajstić information content (AvgIpc) is 3.00. The first kappa shape index (κ1) is 10.9. The molecule has 1 amide bonds. The van der Waals surface area contributed by atoms with Gasteiger partial charge in [-0.1, -0.05) is 0 Å². The lowest BCUT2D eigenvalue weighted by atomic mass is 10.4. The normalized spacial score (nSPS) is 15.1. The molecule has 16 heavy (non-hydrogen) atoms. The molecule has 0 saturated heterocycles. The van der Waals surface area contributed by atoms with Crippen LogP contribution < -0.4 is 5.73 Å². The van der Waals surface area contributed by atoms with Crippen LogP contribution in [0.2, 0.25) is 0 Å². The summed E-state index contributed by atoms with van der Waals surface area (Å²) in [6, 6.07) is 1.97. The molecule has 88 valence electrons. The standard InChI is InChI=1S/C10H16N4O2/c11-9-3-4-13(12-9)7-10(16)14(5-6-15)8-1-2-8/h3-4,8,15H,1-2,5-7H2,(H2,11,12). The zero-order valence-electron chi connectivity index (χ0n) is 9.04. The molecule has 0 spiro atoms. The van der Waals surface area contributed by atoms with Crippen LogP contribution in [-0.4, -0.2) is 44.9 Å². The molecule has 0 atom stereocenters. The highest BCUT2D eigenvalue weighted by atomic mass is 16.3. The van der Waals surface area contributed by atoms with Gasteiger partial charge in [-0.25, -0.2) is 0 Å². The summed E-state index contributed by atoms with van der Waals surface area (Å²) in [5.74, 6) is 0.396. The highest BCUT2D eigenvalue weighted by Crippen LogP contribution is 2.26. The van der Waals surface area contributed by atoms with E-state index < -0.39 is 0 Å². The molecule has 2 rings (SSSR count). The second kappa shape index (κ2) is 4.52. The number of hydrogen-bond acceptors (Lipinski definition) is 4. The number of hydrogen-bond donors (Lipinski definition) is 2. The number of aliphatic hydroxyl groups excluding tert-OH is 1. The highest BCUT2D eigenvalue weighted by Gasteiger charge is 2.31. The maximum atomic E-state index is 11.9. The summed E-state index contributed by atoms with van der Waals surface area (Å²) in [5, 5.41) is 12.9. The van der Waals surface area contributed by atoms with Crippen molar-refractivity contribution < 1.29 is 9.90 Å². The number of anilines is 1. The Hall–Kier alpha value is -1.56. The summed E-state index contributed by atoms with van der Waals surface area (Å²) in [7, 11) is 0. The first-order chi connectivity index (χ1) is 7.70. The molecular formula is C10H16N4O2. The van der Waals surface area contributed by atoms with Gasteiger partial charge in [0.1, 0.15) is 12.4 Å². The van der Waals surface area contributed by atoms with Gasteiger partial charge in [-0.05, 0) is 18.9 Å². The third kappa shape index (κ3) is 2.52. The highest BCUT2D eigenvalue weighted by molar-refractivity contribution is 5.76. The molecular weight excluding hydrogens is 208 g/mol. The van der Waals surface area contributed by atoms with Gasteiger partial charge in [0.25, 0.3) is 0 Å². The van der Waals surface area contributed by atoms with Crippen LogP contribution in [0.15, 0.2) is 12.3 Å². The average molecular weight is 224 g/mol. The van der Waals surface area contributed by atoms with E-state index in [1.54, 1.807) is 17.2 Å². The third-order valence-corrected chi connectivity index (χ3v) is 2.61. The SMILES string of the molecule is Nc1ccn(CC(=O)N(CCO)C2CC2)n1. The number of nitrogens with zero attached hydrogens (tertiary/aromatic N) is 3.